The molecule has 9 nitrogen and oxygen atoms in total. The highest BCUT2D eigenvalue weighted by Gasteiger charge is 2.47. The van der Waals surface area contributed by atoms with E-state index in [1.807, 2.05) is 80.6 Å². The van der Waals surface area contributed by atoms with Crippen LogP contribution in [0, 0.1) is 5.92 Å². The van der Waals surface area contributed by atoms with Crippen molar-refractivity contribution in [2.75, 3.05) is 33.9 Å². The Bertz CT molecular complexity index is 1370. The number of allylic oxidation sites excluding steroid dienone is 1. The second-order valence-electron chi connectivity index (χ2n) is 10.4. The Kier molecular flexibility index (Phi) is 8.65. The molecule has 0 saturated carbocycles. The molecule has 4 unspecified atom stereocenters. The summed E-state index contributed by atoms with van der Waals surface area (Å²) < 4.78 is 17.4. The zero-order valence-electron chi connectivity index (χ0n) is 23.6. The van der Waals surface area contributed by atoms with E-state index in [9.17, 15) is 9.59 Å². The molecule has 2 heterocycles. The van der Waals surface area contributed by atoms with Gasteiger partial charge in [0.1, 0.15) is 29.9 Å². The van der Waals surface area contributed by atoms with Crippen molar-refractivity contribution in [1.82, 2.24) is 15.1 Å². The van der Waals surface area contributed by atoms with Gasteiger partial charge >= 0.3 is 6.03 Å². The molecule has 1 saturated heterocycles. The molecule has 4 atom stereocenters. The van der Waals surface area contributed by atoms with Crippen molar-refractivity contribution in [2.45, 2.75) is 38.1 Å². The molecule has 0 radical (unpaired) electrons. The number of urea groups is 1. The first-order chi connectivity index (χ1) is 19.8. The minimum Gasteiger partial charge on any atom is -0.497 e. The van der Waals surface area contributed by atoms with Crippen molar-refractivity contribution >= 4 is 29.4 Å². The summed E-state index contributed by atoms with van der Waals surface area (Å²) >= 11 is 6.25. The number of nitrogens with one attached hydrogen (secondary N) is 1. The van der Waals surface area contributed by atoms with Gasteiger partial charge in [0, 0.05) is 18.1 Å². The van der Waals surface area contributed by atoms with Crippen LogP contribution in [0.25, 0.3) is 0 Å². The van der Waals surface area contributed by atoms with Crippen LogP contribution in [0.15, 0.2) is 77.5 Å². The molecule has 1 N–H and O–H groups in total. The van der Waals surface area contributed by atoms with E-state index in [2.05, 4.69) is 5.32 Å². The number of piperazine rings is 1. The maximum atomic E-state index is 14.5. The molecule has 3 aliphatic rings. The summed E-state index contributed by atoms with van der Waals surface area (Å²) in [4.78, 5) is 35.4. The number of amidine groups is 1. The summed E-state index contributed by atoms with van der Waals surface area (Å²) in [5.41, 5.74) is 1.76. The molecular formula is C31H35ClN4O5. The second-order valence-corrected chi connectivity index (χ2v) is 10.9. The van der Waals surface area contributed by atoms with Gasteiger partial charge in [-0.1, -0.05) is 41.9 Å². The summed E-state index contributed by atoms with van der Waals surface area (Å²) in [6.45, 7) is 4.69. The van der Waals surface area contributed by atoms with E-state index in [0.29, 0.717) is 35.5 Å². The smallest absolute Gasteiger partial charge is 0.326 e. The number of methoxy groups -OCH3 is 2. The van der Waals surface area contributed by atoms with Crippen LogP contribution in [-0.4, -0.2) is 73.6 Å². The topological polar surface area (TPSA) is 92.7 Å². The van der Waals surface area contributed by atoms with E-state index in [-0.39, 0.29) is 30.5 Å². The monoisotopic (exact) mass is 578 g/mol. The fourth-order valence-electron chi connectivity index (χ4n) is 5.49. The predicted octanol–water partition coefficient (Wildman–Crippen LogP) is 4.91. The summed E-state index contributed by atoms with van der Waals surface area (Å²) in [6, 6.07) is 13.9. The van der Waals surface area contributed by atoms with Crippen LogP contribution in [0.1, 0.15) is 37.1 Å². The Balaban J connectivity index is 1.67. The molecule has 41 heavy (non-hydrogen) atoms. The van der Waals surface area contributed by atoms with Crippen molar-refractivity contribution in [3.05, 3.63) is 88.7 Å². The SMILES string of the molecule is COC1=CC(OC(C)C)C(C2=NC(c3ccc(Cl)cc3)C(c3cccc(OC)c3)N2C(=O)N2CCNC(=O)C2)C=C1. The van der Waals surface area contributed by atoms with Gasteiger partial charge in [0.2, 0.25) is 5.91 Å². The van der Waals surface area contributed by atoms with E-state index < -0.39 is 18.2 Å². The van der Waals surface area contributed by atoms with Gasteiger partial charge in [-0.2, -0.15) is 0 Å². The Morgan fingerprint density at radius 1 is 1.10 bits per heavy atom. The Hall–Kier alpha value is -3.82. The van der Waals surface area contributed by atoms with Crippen LogP contribution in [0.3, 0.4) is 0 Å². The Morgan fingerprint density at radius 3 is 2.56 bits per heavy atom. The zero-order valence-corrected chi connectivity index (χ0v) is 24.4. The molecule has 2 aliphatic heterocycles. The van der Waals surface area contributed by atoms with Crippen LogP contribution in [-0.2, 0) is 14.3 Å². The molecule has 3 amide bonds. The summed E-state index contributed by atoms with van der Waals surface area (Å²) in [5, 5.41) is 3.42. The minimum absolute atomic E-state index is 0.0286. The largest absolute Gasteiger partial charge is 0.497 e. The van der Waals surface area contributed by atoms with Crippen molar-refractivity contribution in [2.24, 2.45) is 10.9 Å². The molecule has 1 aliphatic carbocycles. The third-order valence-corrected chi connectivity index (χ3v) is 7.62. The predicted molar refractivity (Wildman–Crippen MR) is 157 cm³/mol. The first kappa shape index (κ1) is 28.7. The number of aliphatic imine (C=N–C) groups is 1. The van der Waals surface area contributed by atoms with Gasteiger partial charge < -0.3 is 24.4 Å². The molecule has 10 heteroatoms. The molecule has 1 fully saturated rings. The average molecular weight is 579 g/mol. The van der Waals surface area contributed by atoms with E-state index in [4.69, 9.17) is 30.8 Å². The number of carbonyl (C=O) groups is 2. The first-order valence-electron chi connectivity index (χ1n) is 13.7. The van der Waals surface area contributed by atoms with Gasteiger partial charge in [-0.25, -0.2) is 4.79 Å². The Morgan fingerprint density at radius 2 is 1.88 bits per heavy atom. The molecule has 0 aromatic heterocycles. The van der Waals surface area contributed by atoms with Crippen molar-refractivity contribution in [3.8, 4) is 5.75 Å². The van der Waals surface area contributed by atoms with Crippen molar-refractivity contribution in [3.63, 3.8) is 0 Å². The molecule has 2 aromatic carbocycles. The fourth-order valence-corrected chi connectivity index (χ4v) is 5.61. The lowest BCUT2D eigenvalue weighted by atomic mass is 9.92. The number of hydrogen-bond acceptors (Lipinski definition) is 6. The first-order valence-corrected chi connectivity index (χ1v) is 14.1. The number of hydrogen-bond donors (Lipinski definition) is 1. The van der Waals surface area contributed by atoms with E-state index in [0.717, 1.165) is 11.1 Å². The zero-order chi connectivity index (χ0) is 29.1. The van der Waals surface area contributed by atoms with Gasteiger partial charge in [0.05, 0.1) is 38.4 Å². The normalized spacial score (nSPS) is 24.2. The molecule has 0 bridgehead atoms. The summed E-state index contributed by atoms with van der Waals surface area (Å²) in [7, 11) is 3.23. The third kappa shape index (κ3) is 6.11. The van der Waals surface area contributed by atoms with Crippen LogP contribution in [0.4, 0.5) is 4.79 Å². The summed E-state index contributed by atoms with van der Waals surface area (Å²) in [5.74, 6) is 1.32. The van der Waals surface area contributed by atoms with Crippen LogP contribution >= 0.6 is 11.6 Å². The van der Waals surface area contributed by atoms with Gasteiger partial charge in [-0.05, 0) is 61.4 Å². The van der Waals surface area contributed by atoms with E-state index in [1.165, 1.54) is 0 Å². The number of rotatable bonds is 7. The number of halogens is 1. The maximum Gasteiger partial charge on any atom is 0.326 e. The molecular weight excluding hydrogens is 544 g/mol. The highest BCUT2D eigenvalue weighted by molar-refractivity contribution is 6.30. The highest BCUT2D eigenvalue weighted by Crippen LogP contribution is 2.46. The standard InChI is InChI=1S/C31H35ClN4O5/c1-19(2)41-26-17-24(40-4)12-13-25(26)30-34-28(20-8-10-22(32)11-9-20)29(21-6-5-7-23(16-21)39-3)36(30)31(38)35-15-14-33-27(37)18-35/h5-13,16-17,19,25-26,28-29H,14-15,18H2,1-4H3,(H,33,37). The fraction of sp³-hybridized carbons (Fsp3) is 0.387. The minimum atomic E-state index is -0.514. The number of benzene rings is 2. The van der Waals surface area contributed by atoms with Gasteiger partial charge in [0.15, 0.2) is 0 Å². The van der Waals surface area contributed by atoms with Crippen LogP contribution in [0.2, 0.25) is 5.02 Å². The molecule has 2 aromatic rings. The quantitative estimate of drug-likeness (QED) is 0.504. The number of nitrogens with zero attached hydrogens (tertiary/aromatic N) is 3. The van der Waals surface area contributed by atoms with Crippen LogP contribution in [0.5, 0.6) is 5.75 Å². The summed E-state index contributed by atoms with van der Waals surface area (Å²) in [6.07, 6.45) is 5.26. The molecule has 5 rings (SSSR count). The maximum absolute atomic E-state index is 14.5. The third-order valence-electron chi connectivity index (χ3n) is 7.37. The lowest BCUT2D eigenvalue weighted by Crippen LogP contribution is -2.56. The molecule has 0 spiro atoms. The number of carbonyl (C=O) groups excluding carboxylic acids is 2. The number of ether oxygens (including phenoxy) is 3. The van der Waals surface area contributed by atoms with Gasteiger partial charge in [-0.3, -0.25) is 14.7 Å². The highest BCUT2D eigenvalue weighted by atomic mass is 35.5. The van der Waals surface area contributed by atoms with Gasteiger partial charge in [-0.15, -0.1) is 0 Å². The lowest BCUT2D eigenvalue weighted by Gasteiger charge is -2.38. The number of amides is 3. The second kappa shape index (κ2) is 12.4. The average Bonchev–Trinajstić information content (AvgIpc) is 3.37. The lowest BCUT2D eigenvalue weighted by molar-refractivity contribution is -0.123. The van der Waals surface area contributed by atoms with Gasteiger partial charge in [0.25, 0.3) is 0 Å². The van der Waals surface area contributed by atoms with E-state index in [1.54, 1.807) is 24.0 Å². The van der Waals surface area contributed by atoms with Crippen molar-refractivity contribution < 1.29 is 23.8 Å². The van der Waals surface area contributed by atoms with E-state index >= 15 is 0 Å². The van der Waals surface area contributed by atoms with Crippen LogP contribution < -0.4 is 10.1 Å². The Labute approximate surface area is 245 Å². The van der Waals surface area contributed by atoms with Crippen molar-refractivity contribution in [1.29, 1.82) is 0 Å². The molecule has 216 valence electrons.